The third kappa shape index (κ3) is 3.58. The number of nitrogens with zero attached hydrogens (tertiary/aromatic N) is 1. The second kappa shape index (κ2) is 7.03. The molecule has 0 radical (unpaired) electrons. The van der Waals surface area contributed by atoms with Crippen molar-refractivity contribution in [2.45, 2.75) is 38.6 Å². The maximum absolute atomic E-state index is 12.1. The first kappa shape index (κ1) is 16.5. The molecule has 3 rings (SSSR count). The van der Waals surface area contributed by atoms with Crippen LogP contribution >= 0.6 is 0 Å². The molecule has 2 fully saturated rings. The highest BCUT2D eigenvalue weighted by atomic mass is 16.4. The summed E-state index contributed by atoms with van der Waals surface area (Å²) in [6, 6.07) is 7.63. The van der Waals surface area contributed by atoms with E-state index in [1.165, 1.54) is 0 Å². The van der Waals surface area contributed by atoms with Crippen LogP contribution in [0.4, 0.5) is 5.69 Å². The van der Waals surface area contributed by atoms with Crippen molar-refractivity contribution in [3.05, 3.63) is 29.8 Å². The summed E-state index contributed by atoms with van der Waals surface area (Å²) < 4.78 is 0. The Hall–Kier alpha value is -2.37. The van der Waals surface area contributed by atoms with Gasteiger partial charge >= 0.3 is 5.97 Å². The van der Waals surface area contributed by atoms with E-state index >= 15 is 0 Å². The highest BCUT2D eigenvalue weighted by Gasteiger charge is 2.33. The molecule has 1 aliphatic heterocycles. The Balaban J connectivity index is 1.51. The lowest BCUT2D eigenvalue weighted by Gasteiger charge is -2.16. The summed E-state index contributed by atoms with van der Waals surface area (Å²) in [5.41, 5.74) is 1.86. The van der Waals surface area contributed by atoms with E-state index in [1.807, 2.05) is 24.3 Å². The molecule has 2 N–H and O–H groups in total. The summed E-state index contributed by atoms with van der Waals surface area (Å²) in [7, 11) is 0. The molecule has 2 aliphatic rings. The molecule has 1 saturated carbocycles. The number of hydrogen-bond donors (Lipinski definition) is 2. The Morgan fingerprint density at radius 3 is 2.46 bits per heavy atom. The Labute approximate surface area is 140 Å². The van der Waals surface area contributed by atoms with Gasteiger partial charge < -0.3 is 15.3 Å². The van der Waals surface area contributed by atoms with Gasteiger partial charge in [-0.05, 0) is 43.4 Å². The van der Waals surface area contributed by atoms with Gasteiger partial charge in [-0.2, -0.15) is 0 Å². The summed E-state index contributed by atoms with van der Waals surface area (Å²) in [6.07, 6.45) is 3.15. The number of carboxylic acid groups (broad SMARTS) is 1. The molecule has 1 aromatic rings. The minimum atomic E-state index is -0.808. The molecule has 0 unspecified atom stereocenters. The first-order chi connectivity index (χ1) is 11.5. The number of carboxylic acids is 1. The average Bonchev–Trinajstić information content (AvgIpc) is 3.22. The van der Waals surface area contributed by atoms with Gasteiger partial charge in [-0.15, -0.1) is 0 Å². The van der Waals surface area contributed by atoms with Crippen LogP contribution in [-0.4, -0.2) is 29.4 Å². The fourth-order valence-electron chi connectivity index (χ4n) is 3.49. The van der Waals surface area contributed by atoms with Crippen molar-refractivity contribution in [2.24, 2.45) is 11.8 Å². The van der Waals surface area contributed by atoms with Crippen molar-refractivity contribution in [1.82, 2.24) is 5.32 Å². The second-order valence-corrected chi connectivity index (χ2v) is 6.58. The molecule has 6 heteroatoms. The number of carbonyl (C=O) groups excluding carboxylic acids is 2. The number of benzene rings is 1. The van der Waals surface area contributed by atoms with E-state index in [-0.39, 0.29) is 17.7 Å². The molecular weight excluding hydrogens is 308 g/mol. The fourth-order valence-corrected chi connectivity index (χ4v) is 3.49. The number of rotatable bonds is 5. The summed E-state index contributed by atoms with van der Waals surface area (Å²) in [5.74, 6) is -1.31. The predicted octanol–water partition coefficient (Wildman–Crippen LogP) is 1.93. The predicted molar refractivity (Wildman–Crippen MR) is 88.3 cm³/mol. The maximum atomic E-state index is 12.1. The van der Waals surface area contributed by atoms with Crippen LogP contribution in [0.2, 0.25) is 0 Å². The quantitative estimate of drug-likeness (QED) is 0.864. The molecule has 6 nitrogen and oxygen atoms in total. The molecule has 1 saturated heterocycles. The lowest BCUT2D eigenvalue weighted by atomic mass is 10.0. The van der Waals surface area contributed by atoms with Crippen molar-refractivity contribution in [2.75, 3.05) is 11.4 Å². The zero-order valence-electron chi connectivity index (χ0n) is 13.5. The van der Waals surface area contributed by atoms with E-state index in [1.54, 1.807) is 4.90 Å². The SMILES string of the molecule is O=C(O)[C@@H]1CC[C@H](C(=O)NCc2ccc(N3CCCC3=O)cc2)C1. The minimum absolute atomic E-state index is 0.0717. The van der Waals surface area contributed by atoms with Crippen LogP contribution in [0.3, 0.4) is 0 Å². The second-order valence-electron chi connectivity index (χ2n) is 6.58. The van der Waals surface area contributed by atoms with Crippen LogP contribution < -0.4 is 10.2 Å². The van der Waals surface area contributed by atoms with E-state index in [0.29, 0.717) is 32.2 Å². The van der Waals surface area contributed by atoms with E-state index in [9.17, 15) is 14.4 Å². The standard InChI is InChI=1S/C18H22N2O4/c21-16-2-1-9-20(16)15-7-3-12(4-8-15)11-19-17(22)13-5-6-14(10-13)18(23)24/h3-4,7-8,13-14H,1-2,5-6,9-11H2,(H,19,22)(H,23,24)/t13-,14+/m0/s1. The van der Waals surface area contributed by atoms with Gasteiger partial charge in [-0.25, -0.2) is 0 Å². The zero-order chi connectivity index (χ0) is 17.1. The van der Waals surface area contributed by atoms with Gasteiger partial charge in [0, 0.05) is 31.1 Å². The number of amides is 2. The Kier molecular flexibility index (Phi) is 4.83. The van der Waals surface area contributed by atoms with Crippen molar-refractivity contribution >= 4 is 23.5 Å². The molecule has 0 bridgehead atoms. The third-order valence-electron chi connectivity index (χ3n) is 4.94. The summed E-state index contributed by atoms with van der Waals surface area (Å²) in [4.78, 5) is 36.6. The smallest absolute Gasteiger partial charge is 0.306 e. The largest absolute Gasteiger partial charge is 0.481 e. The van der Waals surface area contributed by atoms with Crippen molar-refractivity contribution < 1.29 is 19.5 Å². The van der Waals surface area contributed by atoms with Gasteiger partial charge in [0.25, 0.3) is 0 Å². The van der Waals surface area contributed by atoms with E-state index in [0.717, 1.165) is 24.2 Å². The number of carbonyl (C=O) groups is 3. The lowest BCUT2D eigenvalue weighted by Crippen LogP contribution is -2.29. The average molecular weight is 330 g/mol. The van der Waals surface area contributed by atoms with Crippen molar-refractivity contribution in [3.8, 4) is 0 Å². The van der Waals surface area contributed by atoms with Crippen LogP contribution in [0, 0.1) is 11.8 Å². The summed E-state index contributed by atoms with van der Waals surface area (Å²) in [6.45, 7) is 1.18. The van der Waals surface area contributed by atoms with E-state index in [2.05, 4.69) is 5.32 Å². The Morgan fingerprint density at radius 1 is 1.17 bits per heavy atom. The highest BCUT2D eigenvalue weighted by Crippen LogP contribution is 2.31. The van der Waals surface area contributed by atoms with E-state index in [4.69, 9.17) is 5.11 Å². The summed E-state index contributed by atoms with van der Waals surface area (Å²) >= 11 is 0. The molecular formula is C18H22N2O4. The first-order valence-corrected chi connectivity index (χ1v) is 8.44. The van der Waals surface area contributed by atoms with Gasteiger partial charge in [0.15, 0.2) is 0 Å². The molecule has 2 atom stereocenters. The van der Waals surface area contributed by atoms with Crippen LogP contribution in [0.15, 0.2) is 24.3 Å². The van der Waals surface area contributed by atoms with Crippen LogP contribution in [0.1, 0.15) is 37.7 Å². The molecule has 2 amide bonds. The molecule has 0 spiro atoms. The number of anilines is 1. The lowest BCUT2D eigenvalue weighted by molar-refractivity contribution is -0.141. The third-order valence-corrected chi connectivity index (χ3v) is 4.94. The maximum Gasteiger partial charge on any atom is 0.306 e. The number of nitrogens with one attached hydrogen (secondary N) is 1. The fraction of sp³-hybridized carbons (Fsp3) is 0.500. The van der Waals surface area contributed by atoms with Crippen LogP contribution in [-0.2, 0) is 20.9 Å². The molecule has 1 aromatic carbocycles. The Bertz CT molecular complexity index is 641. The zero-order valence-corrected chi connectivity index (χ0v) is 13.5. The van der Waals surface area contributed by atoms with Crippen LogP contribution in [0.5, 0.6) is 0 Å². The van der Waals surface area contributed by atoms with Crippen molar-refractivity contribution in [3.63, 3.8) is 0 Å². The number of hydrogen-bond acceptors (Lipinski definition) is 3. The Morgan fingerprint density at radius 2 is 1.88 bits per heavy atom. The van der Waals surface area contributed by atoms with Gasteiger partial charge in [0.2, 0.25) is 11.8 Å². The first-order valence-electron chi connectivity index (χ1n) is 8.44. The monoisotopic (exact) mass is 330 g/mol. The molecule has 128 valence electrons. The van der Waals surface area contributed by atoms with Gasteiger partial charge in [-0.3, -0.25) is 14.4 Å². The topological polar surface area (TPSA) is 86.7 Å². The van der Waals surface area contributed by atoms with Gasteiger partial charge in [0.05, 0.1) is 5.92 Å². The molecule has 1 heterocycles. The van der Waals surface area contributed by atoms with Crippen molar-refractivity contribution in [1.29, 1.82) is 0 Å². The van der Waals surface area contributed by atoms with Crippen LogP contribution in [0.25, 0.3) is 0 Å². The van der Waals surface area contributed by atoms with E-state index < -0.39 is 11.9 Å². The minimum Gasteiger partial charge on any atom is -0.481 e. The summed E-state index contributed by atoms with van der Waals surface area (Å²) in [5, 5.41) is 11.9. The van der Waals surface area contributed by atoms with Gasteiger partial charge in [0.1, 0.15) is 0 Å². The normalized spacial score (nSPS) is 23.5. The molecule has 0 aromatic heterocycles. The highest BCUT2D eigenvalue weighted by molar-refractivity contribution is 5.95. The molecule has 1 aliphatic carbocycles. The number of aliphatic carboxylic acids is 1. The molecule has 24 heavy (non-hydrogen) atoms. The van der Waals surface area contributed by atoms with Gasteiger partial charge in [-0.1, -0.05) is 12.1 Å².